The lowest BCUT2D eigenvalue weighted by Crippen LogP contribution is -1.97. The number of nitrogens with zero attached hydrogens (tertiary/aromatic N) is 3. The van der Waals surface area contributed by atoms with Crippen molar-refractivity contribution in [3.63, 3.8) is 0 Å². The van der Waals surface area contributed by atoms with Crippen molar-refractivity contribution in [2.45, 2.75) is 18.8 Å². The fraction of sp³-hybridized carbons (Fsp3) is 0.200. The smallest absolute Gasteiger partial charge is 0.126 e. The lowest BCUT2D eigenvalue weighted by Gasteiger charge is -2.02. The summed E-state index contributed by atoms with van der Waals surface area (Å²) >= 11 is 2.12. The molecule has 1 aromatic carbocycles. The maximum absolute atomic E-state index is 13.6. The molecule has 1 fully saturated rings. The Hall–Kier alpha value is -1.51. The third-order valence-corrected chi connectivity index (χ3v) is 4.05. The highest BCUT2D eigenvalue weighted by Crippen LogP contribution is 2.40. The third kappa shape index (κ3) is 3.22. The van der Waals surface area contributed by atoms with Gasteiger partial charge in [-0.3, -0.25) is 0 Å². The Bertz CT molecular complexity index is 793. The van der Waals surface area contributed by atoms with Crippen LogP contribution < -0.4 is 0 Å². The third-order valence-electron chi connectivity index (χ3n) is 3.21. The molecule has 0 spiro atoms. The average Bonchev–Trinajstić information content (AvgIpc) is 3.24. The van der Waals surface area contributed by atoms with Crippen LogP contribution in [0.4, 0.5) is 4.39 Å². The van der Waals surface area contributed by atoms with Crippen LogP contribution in [0.3, 0.4) is 0 Å². The molecule has 2 aromatic rings. The summed E-state index contributed by atoms with van der Waals surface area (Å²) in [6.45, 7) is 0. The van der Waals surface area contributed by atoms with E-state index in [2.05, 4.69) is 37.5 Å². The molecule has 1 aliphatic carbocycles. The molecule has 21 heavy (non-hydrogen) atoms. The number of rotatable bonds is 2. The van der Waals surface area contributed by atoms with Gasteiger partial charge in [-0.1, -0.05) is 5.92 Å². The second-order valence-corrected chi connectivity index (χ2v) is 6.44. The standard InChI is InChI=1S/C15H9FIN3S/c16-13-5-10(8-18)6-14(7-13)20-9-12(3-4-21-17)15(19-20)11-1-2-11/h5-7,9,11H,1-2H2. The molecule has 0 amide bonds. The molecule has 0 atom stereocenters. The van der Waals surface area contributed by atoms with E-state index in [1.165, 1.54) is 21.1 Å². The minimum atomic E-state index is -0.442. The molecule has 0 radical (unpaired) electrons. The van der Waals surface area contributed by atoms with Gasteiger partial charge in [0.15, 0.2) is 0 Å². The first-order valence-electron chi connectivity index (χ1n) is 6.30. The Labute approximate surface area is 138 Å². The molecule has 0 bridgehead atoms. The molecule has 1 saturated carbocycles. The van der Waals surface area contributed by atoms with Crippen molar-refractivity contribution >= 4 is 30.1 Å². The Morgan fingerprint density at radius 1 is 1.38 bits per heavy atom. The first-order chi connectivity index (χ1) is 10.2. The molecule has 3 nitrogen and oxygen atoms in total. The minimum absolute atomic E-state index is 0.281. The Morgan fingerprint density at radius 3 is 2.86 bits per heavy atom. The lowest BCUT2D eigenvalue weighted by atomic mass is 10.2. The van der Waals surface area contributed by atoms with Gasteiger partial charge in [-0.25, -0.2) is 9.07 Å². The zero-order valence-corrected chi connectivity index (χ0v) is 13.8. The average molecular weight is 409 g/mol. The maximum atomic E-state index is 13.6. The monoisotopic (exact) mass is 409 g/mol. The molecular formula is C15H9FIN3S. The highest BCUT2D eigenvalue weighted by Gasteiger charge is 2.29. The molecular weight excluding hydrogens is 400 g/mol. The van der Waals surface area contributed by atoms with Gasteiger partial charge in [0.05, 0.1) is 28.6 Å². The van der Waals surface area contributed by atoms with Gasteiger partial charge in [-0.2, -0.15) is 10.4 Å². The molecule has 0 N–H and O–H groups in total. The summed E-state index contributed by atoms with van der Waals surface area (Å²) in [6, 6.07) is 6.16. The van der Waals surface area contributed by atoms with Crippen LogP contribution in [0, 0.1) is 28.3 Å². The molecule has 1 aliphatic rings. The van der Waals surface area contributed by atoms with Gasteiger partial charge < -0.3 is 0 Å². The summed E-state index contributed by atoms with van der Waals surface area (Å²) in [4.78, 5) is 0. The second kappa shape index (κ2) is 6.08. The summed E-state index contributed by atoms with van der Waals surface area (Å²) in [5, 5.41) is 16.4. The maximum Gasteiger partial charge on any atom is 0.126 e. The molecule has 104 valence electrons. The summed E-state index contributed by atoms with van der Waals surface area (Å²) in [5.74, 6) is 3.10. The first-order valence-corrected chi connectivity index (χ1v) is 9.66. The number of nitriles is 1. The van der Waals surface area contributed by atoms with Crippen LogP contribution >= 0.6 is 30.1 Å². The zero-order chi connectivity index (χ0) is 14.8. The number of hydrogen-bond donors (Lipinski definition) is 0. The Balaban J connectivity index is 2.07. The van der Waals surface area contributed by atoms with Crippen LogP contribution in [0.25, 0.3) is 5.69 Å². The number of hydrogen-bond acceptors (Lipinski definition) is 3. The van der Waals surface area contributed by atoms with Crippen LogP contribution in [0.1, 0.15) is 35.6 Å². The highest BCUT2D eigenvalue weighted by molar-refractivity contribution is 14.2. The molecule has 0 unspecified atom stereocenters. The van der Waals surface area contributed by atoms with E-state index in [0.29, 0.717) is 11.6 Å². The fourth-order valence-electron chi connectivity index (χ4n) is 2.12. The van der Waals surface area contributed by atoms with E-state index < -0.39 is 5.82 Å². The van der Waals surface area contributed by atoms with Crippen LogP contribution in [0.15, 0.2) is 24.4 Å². The van der Waals surface area contributed by atoms with E-state index in [1.807, 2.05) is 12.3 Å². The van der Waals surface area contributed by atoms with E-state index >= 15 is 0 Å². The number of benzene rings is 1. The number of aromatic nitrogens is 2. The zero-order valence-electron chi connectivity index (χ0n) is 10.8. The quantitative estimate of drug-likeness (QED) is 0.553. The molecule has 0 saturated heterocycles. The van der Waals surface area contributed by atoms with Crippen LogP contribution in [-0.4, -0.2) is 9.78 Å². The van der Waals surface area contributed by atoms with Crippen molar-refractivity contribution in [1.82, 2.24) is 9.78 Å². The van der Waals surface area contributed by atoms with Gasteiger partial charge >= 0.3 is 0 Å². The van der Waals surface area contributed by atoms with E-state index in [4.69, 9.17) is 5.26 Å². The van der Waals surface area contributed by atoms with Gasteiger partial charge in [0, 0.05) is 33.3 Å². The predicted octanol–water partition coefficient (Wildman–Crippen LogP) is 4.15. The van der Waals surface area contributed by atoms with E-state index in [-0.39, 0.29) is 5.56 Å². The van der Waals surface area contributed by atoms with Crippen LogP contribution in [-0.2, 0) is 0 Å². The van der Waals surface area contributed by atoms with Crippen molar-refractivity contribution in [3.8, 4) is 22.9 Å². The van der Waals surface area contributed by atoms with Gasteiger partial charge in [-0.15, -0.1) is 0 Å². The second-order valence-electron chi connectivity index (χ2n) is 4.76. The van der Waals surface area contributed by atoms with Gasteiger partial charge in [0.1, 0.15) is 5.82 Å². The summed E-state index contributed by atoms with van der Waals surface area (Å²) in [5.41, 5.74) is 2.67. The fourth-order valence-corrected chi connectivity index (χ4v) is 2.60. The van der Waals surface area contributed by atoms with Gasteiger partial charge in [0.25, 0.3) is 0 Å². The molecule has 1 heterocycles. The SMILES string of the molecule is N#Cc1cc(F)cc(-n2cc(C#CSI)c(C3CC3)n2)c1. The van der Waals surface area contributed by atoms with E-state index in [9.17, 15) is 4.39 Å². The van der Waals surface area contributed by atoms with E-state index in [1.54, 1.807) is 10.7 Å². The topological polar surface area (TPSA) is 41.6 Å². The normalized spacial score (nSPS) is 13.4. The van der Waals surface area contributed by atoms with Crippen molar-refractivity contribution in [2.75, 3.05) is 0 Å². The largest absolute Gasteiger partial charge is 0.239 e. The number of halogens is 2. The first kappa shape index (κ1) is 14.4. The highest BCUT2D eigenvalue weighted by atomic mass is 127. The molecule has 3 rings (SSSR count). The van der Waals surface area contributed by atoms with Crippen molar-refractivity contribution < 1.29 is 4.39 Å². The summed E-state index contributed by atoms with van der Waals surface area (Å²) < 4.78 is 15.2. The molecule has 0 aliphatic heterocycles. The minimum Gasteiger partial charge on any atom is -0.239 e. The van der Waals surface area contributed by atoms with E-state index in [0.717, 1.165) is 24.1 Å². The van der Waals surface area contributed by atoms with Crippen molar-refractivity contribution in [1.29, 1.82) is 5.26 Å². The predicted molar refractivity (Wildman–Crippen MR) is 88.7 cm³/mol. The van der Waals surface area contributed by atoms with Crippen LogP contribution in [0.2, 0.25) is 0 Å². The van der Waals surface area contributed by atoms with Crippen molar-refractivity contribution in [2.24, 2.45) is 0 Å². The molecule has 6 heteroatoms. The van der Waals surface area contributed by atoms with Crippen molar-refractivity contribution in [3.05, 3.63) is 47.0 Å². The lowest BCUT2D eigenvalue weighted by molar-refractivity contribution is 0.624. The van der Waals surface area contributed by atoms with Crippen LogP contribution in [0.5, 0.6) is 0 Å². The summed E-state index contributed by atoms with van der Waals surface area (Å²) in [6.07, 6.45) is 4.05. The summed E-state index contributed by atoms with van der Waals surface area (Å²) in [7, 11) is 1.42. The van der Waals surface area contributed by atoms with Gasteiger partial charge in [0.2, 0.25) is 0 Å². The molecule has 1 aromatic heterocycles. The Morgan fingerprint density at radius 2 is 2.19 bits per heavy atom. The Kier molecular flexibility index (Phi) is 4.18. The van der Waals surface area contributed by atoms with Gasteiger partial charge in [-0.05, 0) is 45.2 Å².